The van der Waals surface area contributed by atoms with E-state index in [4.69, 9.17) is 9.47 Å². The lowest BCUT2D eigenvalue weighted by molar-refractivity contribution is 0.0517. The van der Waals surface area contributed by atoms with E-state index in [1.54, 1.807) is 18.2 Å². The van der Waals surface area contributed by atoms with Crippen molar-refractivity contribution in [1.82, 2.24) is 10.4 Å². The normalized spacial score (nSPS) is 12.8. The van der Waals surface area contributed by atoms with Gasteiger partial charge < -0.3 is 9.47 Å². The van der Waals surface area contributed by atoms with Gasteiger partial charge in [0.1, 0.15) is 11.5 Å². The molecule has 0 saturated carbocycles. The first-order valence-corrected chi connectivity index (χ1v) is 7.07. The molecular formula is C17H14N2O5. The number of hydrazine groups is 1. The fourth-order valence-electron chi connectivity index (χ4n) is 2.44. The lowest BCUT2D eigenvalue weighted by Gasteiger charge is -2.16. The molecule has 0 aromatic heterocycles. The molecule has 0 atom stereocenters. The summed E-state index contributed by atoms with van der Waals surface area (Å²) < 4.78 is 10.2. The molecule has 3 rings (SSSR count). The molecule has 0 radical (unpaired) electrons. The molecule has 0 fully saturated rings. The van der Waals surface area contributed by atoms with E-state index in [2.05, 4.69) is 5.43 Å². The number of benzene rings is 2. The second-order valence-corrected chi connectivity index (χ2v) is 5.00. The summed E-state index contributed by atoms with van der Waals surface area (Å²) in [6.45, 7) is 0. The van der Waals surface area contributed by atoms with Crippen molar-refractivity contribution < 1.29 is 23.9 Å². The molecular weight excluding hydrogens is 312 g/mol. The van der Waals surface area contributed by atoms with Crippen molar-refractivity contribution >= 4 is 17.7 Å². The molecule has 0 bridgehead atoms. The number of methoxy groups -OCH3 is 2. The summed E-state index contributed by atoms with van der Waals surface area (Å²) in [6, 6.07) is 11.0. The zero-order valence-corrected chi connectivity index (χ0v) is 13.0. The number of nitrogens with zero attached hydrogens (tertiary/aromatic N) is 1. The second kappa shape index (κ2) is 6.04. The summed E-state index contributed by atoms with van der Waals surface area (Å²) >= 11 is 0. The highest BCUT2D eigenvalue weighted by atomic mass is 16.5. The number of hydrogen-bond acceptors (Lipinski definition) is 5. The van der Waals surface area contributed by atoms with E-state index < -0.39 is 17.7 Å². The predicted molar refractivity (Wildman–Crippen MR) is 84.0 cm³/mol. The van der Waals surface area contributed by atoms with Crippen LogP contribution in [0.2, 0.25) is 0 Å². The van der Waals surface area contributed by atoms with Crippen molar-refractivity contribution in [1.29, 1.82) is 0 Å². The minimum atomic E-state index is -0.635. The van der Waals surface area contributed by atoms with Crippen LogP contribution in [0.4, 0.5) is 0 Å². The molecule has 1 N–H and O–H groups in total. The largest absolute Gasteiger partial charge is 0.497 e. The zero-order valence-electron chi connectivity index (χ0n) is 13.0. The van der Waals surface area contributed by atoms with Gasteiger partial charge >= 0.3 is 0 Å². The number of imide groups is 1. The smallest absolute Gasteiger partial charge is 0.280 e. The van der Waals surface area contributed by atoms with Gasteiger partial charge in [0.05, 0.1) is 30.9 Å². The first-order chi connectivity index (χ1) is 11.6. The third kappa shape index (κ3) is 2.45. The predicted octanol–water partition coefficient (Wildman–Crippen LogP) is 1.64. The van der Waals surface area contributed by atoms with E-state index in [1.165, 1.54) is 38.5 Å². The number of nitrogens with one attached hydrogen (secondary N) is 1. The van der Waals surface area contributed by atoms with Crippen molar-refractivity contribution in [2.24, 2.45) is 0 Å². The summed E-state index contributed by atoms with van der Waals surface area (Å²) in [5.74, 6) is -0.996. The van der Waals surface area contributed by atoms with Crippen LogP contribution >= 0.6 is 0 Å². The molecule has 7 nitrogen and oxygen atoms in total. The highest BCUT2D eigenvalue weighted by Crippen LogP contribution is 2.25. The number of carbonyl (C=O) groups excluding carboxylic acids is 3. The van der Waals surface area contributed by atoms with Gasteiger partial charge in [-0.2, -0.15) is 5.01 Å². The van der Waals surface area contributed by atoms with Crippen LogP contribution in [0, 0.1) is 0 Å². The monoisotopic (exact) mass is 326 g/mol. The average molecular weight is 326 g/mol. The van der Waals surface area contributed by atoms with Gasteiger partial charge in [0.25, 0.3) is 17.7 Å². The standard InChI is InChI=1S/C17H14N2O5/c1-23-10-7-8-13(14(9-10)24-2)15(20)18-19-16(21)11-5-3-4-6-12(11)17(19)22/h3-9H,1-2H3,(H,18,20). The maximum absolute atomic E-state index is 12.4. The van der Waals surface area contributed by atoms with Crippen LogP contribution in [0.1, 0.15) is 31.1 Å². The van der Waals surface area contributed by atoms with Gasteiger partial charge in [0.2, 0.25) is 0 Å². The molecule has 122 valence electrons. The Morgan fingerprint density at radius 1 is 0.958 bits per heavy atom. The number of hydrogen-bond donors (Lipinski definition) is 1. The summed E-state index contributed by atoms with van der Waals surface area (Å²) in [6.07, 6.45) is 0. The number of fused-ring (bicyclic) bond motifs is 1. The summed E-state index contributed by atoms with van der Waals surface area (Å²) in [4.78, 5) is 37.0. The Bertz CT molecular complexity index is 812. The van der Waals surface area contributed by atoms with Crippen molar-refractivity contribution in [3.63, 3.8) is 0 Å². The van der Waals surface area contributed by atoms with Gasteiger partial charge in [-0.15, -0.1) is 0 Å². The third-order valence-corrected chi connectivity index (χ3v) is 3.66. The maximum Gasteiger partial charge on any atom is 0.280 e. The van der Waals surface area contributed by atoms with E-state index in [0.717, 1.165) is 0 Å². The first-order valence-electron chi connectivity index (χ1n) is 7.07. The molecule has 1 aliphatic heterocycles. The summed E-state index contributed by atoms with van der Waals surface area (Å²) in [5, 5.41) is 0.705. The van der Waals surface area contributed by atoms with Crippen LogP contribution in [0.25, 0.3) is 0 Å². The van der Waals surface area contributed by atoms with E-state index >= 15 is 0 Å². The lowest BCUT2D eigenvalue weighted by atomic mass is 10.1. The van der Waals surface area contributed by atoms with Gasteiger partial charge in [-0.3, -0.25) is 19.8 Å². The Morgan fingerprint density at radius 3 is 2.12 bits per heavy atom. The topological polar surface area (TPSA) is 84.9 Å². The molecule has 1 heterocycles. The molecule has 0 saturated heterocycles. The SMILES string of the molecule is COc1ccc(C(=O)NN2C(=O)c3ccccc3C2=O)c(OC)c1. The van der Waals surface area contributed by atoms with Crippen LogP contribution in [-0.2, 0) is 0 Å². The van der Waals surface area contributed by atoms with E-state index in [9.17, 15) is 14.4 Å². The van der Waals surface area contributed by atoms with E-state index in [1.807, 2.05) is 0 Å². The molecule has 3 amide bonds. The van der Waals surface area contributed by atoms with Gasteiger partial charge in [-0.25, -0.2) is 0 Å². The maximum atomic E-state index is 12.4. The van der Waals surface area contributed by atoms with E-state index in [0.29, 0.717) is 10.8 Å². The highest BCUT2D eigenvalue weighted by molar-refractivity contribution is 6.22. The molecule has 7 heteroatoms. The van der Waals surface area contributed by atoms with E-state index in [-0.39, 0.29) is 22.4 Å². The fourth-order valence-corrected chi connectivity index (χ4v) is 2.44. The quantitative estimate of drug-likeness (QED) is 0.864. The highest BCUT2D eigenvalue weighted by Gasteiger charge is 2.37. The Labute approximate surface area is 137 Å². The molecule has 24 heavy (non-hydrogen) atoms. The average Bonchev–Trinajstić information content (AvgIpc) is 2.86. The zero-order chi connectivity index (χ0) is 17.3. The van der Waals surface area contributed by atoms with Gasteiger partial charge in [0.15, 0.2) is 0 Å². The third-order valence-electron chi connectivity index (χ3n) is 3.66. The Morgan fingerprint density at radius 2 is 1.58 bits per heavy atom. The van der Waals surface area contributed by atoms with Crippen LogP contribution < -0.4 is 14.9 Å². The minimum absolute atomic E-state index is 0.176. The Kier molecular flexibility index (Phi) is 3.91. The molecule has 2 aromatic carbocycles. The minimum Gasteiger partial charge on any atom is -0.497 e. The Hall–Kier alpha value is -3.35. The van der Waals surface area contributed by atoms with Gasteiger partial charge in [0, 0.05) is 6.07 Å². The number of ether oxygens (including phenoxy) is 2. The number of carbonyl (C=O) groups is 3. The van der Waals surface area contributed by atoms with Crippen molar-refractivity contribution in [3.8, 4) is 11.5 Å². The molecule has 1 aliphatic rings. The molecule has 0 unspecified atom stereocenters. The second-order valence-electron chi connectivity index (χ2n) is 5.00. The van der Waals surface area contributed by atoms with Crippen molar-refractivity contribution in [3.05, 3.63) is 59.2 Å². The van der Waals surface area contributed by atoms with Crippen molar-refractivity contribution in [2.45, 2.75) is 0 Å². The van der Waals surface area contributed by atoms with Crippen LogP contribution in [0.5, 0.6) is 11.5 Å². The first kappa shape index (κ1) is 15.5. The van der Waals surface area contributed by atoms with Crippen LogP contribution in [0.15, 0.2) is 42.5 Å². The van der Waals surface area contributed by atoms with Gasteiger partial charge in [-0.05, 0) is 24.3 Å². The Balaban J connectivity index is 1.86. The van der Waals surface area contributed by atoms with Crippen molar-refractivity contribution in [2.75, 3.05) is 14.2 Å². The lowest BCUT2D eigenvalue weighted by Crippen LogP contribution is -2.45. The molecule has 0 spiro atoms. The summed E-state index contributed by atoms with van der Waals surface area (Å²) in [7, 11) is 2.90. The van der Waals surface area contributed by atoms with Crippen LogP contribution in [-0.4, -0.2) is 37.0 Å². The number of rotatable bonds is 4. The molecule has 2 aromatic rings. The van der Waals surface area contributed by atoms with Gasteiger partial charge in [-0.1, -0.05) is 12.1 Å². The fraction of sp³-hybridized carbons (Fsp3) is 0.118. The number of amides is 3. The molecule has 0 aliphatic carbocycles. The summed E-state index contributed by atoms with van der Waals surface area (Å²) in [5.41, 5.74) is 3.01. The van der Waals surface area contributed by atoms with Crippen LogP contribution in [0.3, 0.4) is 0 Å².